The Kier molecular flexibility index (Phi) is 4.99. The molecule has 4 aromatic rings. The highest BCUT2D eigenvalue weighted by Crippen LogP contribution is 2.26. The predicted octanol–water partition coefficient (Wildman–Crippen LogP) is 4.63. The second-order valence-corrected chi connectivity index (χ2v) is 7.65. The molecule has 0 bridgehead atoms. The van der Waals surface area contributed by atoms with Gasteiger partial charge in [-0.1, -0.05) is 61.6 Å². The van der Waals surface area contributed by atoms with Gasteiger partial charge >= 0.3 is 0 Å². The van der Waals surface area contributed by atoms with Crippen LogP contribution < -0.4 is 5.32 Å². The van der Waals surface area contributed by atoms with E-state index in [-0.39, 0.29) is 5.91 Å². The van der Waals surface area contributed by atoms with Crippen molar-refractivity contribution >= 4 is 34.0 Å². The molecule has 0 saturated heterocycles. The van der Waals surface area contributed by atoms with Crippen molar-refractivity contribution in [2.45, 2.75) is 19.8 Å². The Balaban J connectivity index is 1.45. The van der Waals surface area contributed by atoms with Gasteiger partial charge in [-0.25, -0.2) is 0 Å². The zero-order valence-corrected chi connectivity index (χ0v) is 16.4. The third kappa shape index (κ3) is 3.99. The van der Waals surface area contributed by atoms with E-state index in [9.17, 15) is 4.79 Å². The van der Waals surface area contributed by atoms with E-state index in [0.29, 0.717) is 11.6 Å². The van der Waals surface area contributed by atoms with Crippen LogP contribution in [0.5, 0.6) is 0 Å². The Morgan fingerprint density at radius 2 is 2.00 bits per heavy atom. The molecule has 2 aromatic carbocycles. The summed E-state index contributed by atoms with van der Waals surface area (Å²) in [6.45, 7) is 4.32. The van der Waals surface area contributed by atoms with E-state index in [0.717, 1.165) is 21.1 Å². The van der Waals surface area contributed by atoms with Crippen LogP contribution >= 0.6 is 11.3 Å². The lowest BCUT2D eigenvalue weighted by molar-refractivity contribution is -0.111. The fourth-order valence-corrected chi connectivity index (χ4v) is 3.57. The first-order valence-electron chi connectivity index (χ1n) is 8.95. The zero-order chi connectivity index (χ0) is 19.5. The third-order valence-corrected chi connectivity index (χ3v) is 5.26. The van der Waals surface area contributed by atoms with E-state index < -0.39 is 0 Å². The van der Waals surface area contributed by atoms with E-state index in [1.807, 2.05) is 42.5 Å². The summed E-state index contributed by atoms with van der Waals surface area (Å²) < 4.78 is 1.64. The van der Waals surface area contributed by atoms with Gasteiger partial charge in [0, 0.05) is 17.3 Å². The van der Waals surface area contributed by atoms with E-state index in [2.05, 4.69) is 46.6 Å². The van der Waals surface area contributed by atoms with Crippen LogP contribution in [0, 0.1) is 0 Å². The quantitative estimate of drug-likeness (QED) is 0.505. The highest BCUT2D eigenvalue weighted by atomic mass is 32.1. The molecule has 140 valence electrons. The number of benzene rings is 2. The number of carbonyl (C=O) groups is 1. The van der Waals surface area contributed by atoms with Crippen LogP contribution in [0.4, 0.5) is 5.69 Å². The lowest BCUT2D eigenvalue weighted by atomic mass is 10.0. The number of fused-ring (bicyclic) bond motifs is 1. The number of aromatic nitrogens is 4. The van der Waals surface area contributed by atoms with Gasteiger partial charge in [-0.3, -0.25) is 4.79 Å². The number of nitrogens with one attached hydrogen (secondary N) is 1. The minimum Gasteiger partial charge on any atom is -0.322 e. The van der Waals surface area contributed by atoms with Crippen LogP contribution in [0.1, 0.15) is 30.9 Å². The van der Waals surface area contributed by atoms with Crippen LogP contribution in [-0.2, 0) is 4.79 Å². The number of nitrogens with zero attached hydrogens (tertiary/aromatic N) is 4. The molecule has 0 unspecified atom stereocenters. The summed E-state index contributed by atoms with van der Waals surface area (Å²) in [4.78, 5) is 13.0. The number of amides is 1. The SMILES string of the molecule is CC(C)c1ccc(/C=C/C(=O)Nc2cccc(-c3nn4cnnc4s3)c2)cc1. The Morgan fingerprint density at radius 3 is 2.75 bits per heavy atom. The Morgan fingerprint density at radius 1 is 1.18 bits per heavy atom. The number of rotatable bonds is 5. The summed E-state index contributed by atoms with van der Waals surface area (Å²) in [5.74, 6) is 0.315. The predicted molar refractivity (Wildman–Crippen MR) is 112 cm³/mol. The Bertz CT molecular complexity index is 1110. The molecule has 1 N–H and O–H groups in total. The maximum atomic E-state index is 12.3. The molecule has 7 heteroatoms. The van der Waals surface area contributed by atoms with E-state index in [4.69, 9.17) is 0 Å². The van der Waals surface area contributed by atoms with Gasteiger partial charge in [0.1, 0.15) is 11.3 Å². The highest BCUT2D eigenvalue weighted by Gasteiger charge is 2.08. The van der Waals surface area contributed by atoms with Gasteiger partial charge in [0.25, 0.3) is 0 Å². The third-order valence-electron chi connectivity index (χ3n) is 4.29. The summed E-state index contributed by atoms with van der Waals surface area (Å²) >= 11 is 1.45. The van der Waals surface area contributed by atoms with Crippen LogP contribution in [0.2, 0.25) is 0 Å². The Hall–Kier alpha value is -3.32. The molecule has 1 amide bonds. The average molecular weight is 389 g/mol. The lowest BCUT2D eigenvalue weighted by Crippen LogP contribution is -2.07. The number of anilines is 1. The molecule has 4 rings (SSSR count). The molecule has 0 aliphatic carbocycles. The molecular formula is C21H19N5OS. The summed E-state index contributed by atoms with van der Waals surface area (Å²) in [7, 11) is 0. The second kappa shape index (κ2) is 7.74. The minimum atomic E-state index is -0.178. The van der Waals surface area contributed by atoms with Crippen LogP contribution in [-0.4, -0.2) is 25.7 Å². The molecule has 2 heterocycles. The molecular weight excluding hydrogens is 370 g/mol. The van der Waals surface area contributed by atoms with Gasteiger partial charge in [-0.15, -0.1) is 10.2 Å². The summed E-state index contributed by atoms with van der Waals surface area (Å²) in [5, 5.41) is 16.0. The topological polar surface area (TPSA) is 72.2 Å². The van der Waals surface area contributed by atoms with E-state index in [1.54, 1.807) is 16.9 Å². The standard InChI is InChI=1S/C21H19N5OS/c1-14(2)16-9-6-15(7-10-16)8-11-19(27)23-18-5-3-4-17(12-18)20-25-26-13-22-24-21(26)28-20/h3-14H,1-2H3,(H,23,27)/b11-8+. The maximum Gasteiger partial charge on any atom is 0.248 e. The minimum absolute atomic E-state index is 0.178. The van der Waals surface area contributed by atoms with Crippen molar-refractivity contribution in [1.82, 2.24) is 19.8 Å². The van der Waals surface area contributed by atoms with Crippen molar-refractivity contribution in [2.24, 2.45) is 0 Å². The molecule has 0 aliphatic rings. The molecule has 0 atom stereocenters. The van der Waals surface area contributed by atoms with Crippen molar-refractivity contribution in [2.75, 3.05) is 5.32 Å². The van der Waals surface area contributed by atoms with Crippen molar-refractivity contribution in [3.8, 4) is 10.6 Å². The van der Waals surface area contributed by atoms with Gasteiger partial charge in [-0.05, 0) is 35.3 Å². The van der Waals surface area contributed by atoms with Gasteiger partial charge in [0.05, 0.1) is 0 Å². The number of hydrogen-bond acceptors (Lipinski definition) is 5. The normalized spacial score (nSPS) is 11.5. The molecule has 0 radical (unpaired) electrons. The maximum absolute atomic E-state index is 12.3. The molecule has 0 saturated carbocycles. The first-order chi connectivity index (χ1) is 13.6. The van der Waals surface area contributed by atoms with Gasteiger partial charge in [0.2, 0.25) is 10.9 Å². The first-order valence-corrected chi connectivity index (χ1v) is 9.76. The molecule has 0 fully saturated rings. The molecule has 0 spiro atoms. The highest BCUT2D eigenvalue weighted by molar-refractivity contribution is 7.19. The van der Waals surface area contributed by atoms with Crippen molar-refractivity contribution in [1.29, 1.82) is 0 Å². The monoisotopic (exact) mass is 389 g/mol. The van der Waals surface area contributed by atoms with E-state index in [1.165, 1.54) is 16.9 Å². The summed E-state index contributed by atoms with van der Waals surface area (Å²) in [5.41, 5.74) is 3.91. The van der Waals surface area contributed by atoms with Gasteiger partial charge in [-0.2, -0.15) is 9.61 Å². The van der Waals surface area contributed by atoms with Crippen LogP contribution in [0.15, 0.2) is 60.9 Å². The van der Waals surface area contributed by atoms with Crippen molar-refractivity contribution in [3.63, 3.8) is 0 Å². The van der Waals surface area contributed by atoms with Crippen molar-refractivity contribution < 1.29 is 4.79 Å². The second-order valence-electron chi connectivity index (χ2n) is 6.69. The van der Waals surface area contributed by atoms with Crippen molar-refractivity contribution in [3.05, 3.63) is 72.1 Å². The zero-order valence-electron chi connectivity index (χ0n) is 15.5. The number of carbonyl (C=O) groups excluding carboxylic acids is 1. The smallest absolute Gasteiger partial charge is 0.248 e. The number of hydrogen-bond donors (Lipinski definition) is 1. The van der Waals surface area contributed by atoms with Gasteiger partial charge < -0.3 is 5.32 Å². The van der Waals surface area contributed by atoms with Crippen LogP contribution in [0.25, 0.3) is 21.6 Å². The summed E-state index contributed by atoms with van der Waals surface area (Å²) in [6.07, 6.45) is 4.92. The largest absolute Gasteiger partial charge is 0.322 e. The summed E-state index contributed by atoms with van der Waals surface area (Å²) in [6, 6.07) is 15.8. The molecule has 28 heavy (non-hydrogen) atoms. The van der Waals surface area contributed by atoms with Crippen LogP contribution in [0.3, 0.4) is 0 Å². The fraction of sp³-hybridized carbons (Fsp3) is 0.143. The molecule has 6 nitrogen and oxygen atoms in total. The average Bonchev–Trinajstić information content (AvgIpc) is 3.29. The Labute approximate surface area is 166 Å². The first kappa shape index (κ1) is 18.1. The van der Waals surface area contributed by atoms with E-state index >= 15 is 0 Å². The lowest BCUT2D eigenvalue weighted by Gasteiger charge is -2.05. The van der Waals surface area contributed by atoms with Gasteiger partial charge in [0.15, 0.2) is 0 Å². The molecule has 0 aliphatic heterocycles. The fourth-order valence-electron chi connectivity index (χ4n) is 2.75. The molecule has 2 aromatic heterocycles.